The lowest BCUT2D eigenvalue weighted by Crippen LogP contribution is -2.32. The van der Waals surface area contributed by atoms with Crippen LogP contribution in [0.1, 0.15) is 30.4 Å². The predicted molar refractivity (Wildman–Crippen MR) is 64.2 cm³/mol. The number of aromatic hydroxyl groups is 1. The molecule has 0 atom stereocenters. The van der Waals surface area contributed by atoms with Crippen molar-refractivity contribution in [3.63, 3.8) is 0 Å². The van der Waals surface area contributed by atoms with E-state index in [1.165, 1.54) is 0 Å². The zero-order valence-corrected chi connectivity index (χ0v) is 10.5. The van der Waals surface area contributed by atoms with Crippen LogP contribution in [0.15, 0.2) is 21.6 Å². The fraction of sp³-hybridized carbons (Fsp3) is 0.417. The number of isocyanates is 1. The third-order valence-electron chi connectivity index (χ3n) is 3.21. The van der Waals surface area contributed by atoms with Crippen molar-refractivity contribution in [1.82, 2.24) is 0 Å². The molecule has 1 fully saturated rings. The van der Waals surface area contributed by atoms with Crippen molar-refractivity contribution in [3.05, 3.63) is 27.7 Å². The number of hydrogen-bond donors (Lipinski definition) is 1. The first-order valence-electron chi connectivity index (χ1n) is 5.18. The van der Waals surface area contributed by atoms with Gasteiger partial charge in [-0.1, -0.05) is 15.9 Å². The molecule has 1 aromatic rings. The smallest absolute Gasteiger partial charge is 0.235 e. The zero-order valence-electron chi connectivity index (χ0n) is 8.96. The maximum absolute atomic E-state index is 10.5. The molecule has 3 nitrogen and oxygen atoms in total. The van der Waals surface area contributed by atoms with E-state index in [2.05, 4.69) is 20.9 Å². The molecule has 0 saturated heterocycles. The lowest BCUT2D eigenvalue weighted by Gasteiger charge is -2.37. The van der Waals surface area contributed by atoms with Crippen LogP contribution in [-0.4, -0.2) is 11.2 Å². The molecule has 2 rings (SSSR count). The summed E-state index contributed by atoms with van der Waals surface area (Å²) in [6.07, 6.45) is 4.24. The first-order chi connectivity index (χ1) is 7.59. The molecule has 1 aliphatic carbocycles. The number of phenols is 1. The summed E-state index contributed by atoms with van der Waals surface area (Å²) in [6, 6.07) is 3.68. The first kappa shape index (κ1) is 11.4. The third-order valence-corrected chi connectivity index (χ3v) is 3.66. The molecular weight excluding hydrogens is 270 g/mol. The van der Waals surface area contributed by atoms with E-state index < -0.39 is 5.54 Å². The standard InChI is InChI=1S/C12H12BrNO2/c1-8-5-9(13)6-10(11(8)16)12(14-7-15)3-2-4-12/h5-6,16H,2-4H2,1H3. The Kier molecular flexibility index (Phi) is 2.87. The number of phenolic OH excluding ortho intramolecular Hbond substituents is 1. The van der Waals surface area contributed by atoms with Crippen LogP contribution in [0.3, 0.4) is 0 Å². The Morgan fingerprint density at radius 2 is 2.19 bits per heavy atom. The highest BCUT2D eigenvalue weighted by Gasteiger charge is 2.41. The van der Waals surface area contributed by atoms with Crippen LogP contribution in [0.4, 0.5) is 0 Å². The highest BCUT2D eigenvalue weighted by molar-refractivity contribution is 9.10. The SMILES string of the molecule is Cc1cc(Br)cc(C2(N=C=O)CCC2)c1O. The molecule has 0 heterocycles. The molecule has 84 valence electrons. The topological polar surface area (TPSA) is 49.7 Å². The second-order valence-corrected chi connectivity index (χ2v) is 5.12. The zero-order chi connectivity index (χ0) is 11.8. The monoisotopic (exact) mass is 281 g/mol. The van der Waals surface area contributed by atoms with Crippen molar-refractivity contribution in [2.45, 2.75) is 31.7 Å². The van der Waals surface area contributed by atoms with Crippen molar-refractivity contribution in [1.29, 1.82) is 0 Å². The first-order valence-corrected chi connectivity index (χ1v) is 5.97. The van der Waals surface area contributed by atoms with Crippen molar-refractivity contribution in [2.24, 2.45) is 4.99 Å². The summed E-state index contributed by atoms with van der Waals surface area (Å²) >= 11 is 3.39. The third kappa shape index (κ3) is 1.68. The van der Waals surface area contributed by atoms with Gasteiger partial charge in [-0.15, -0.1) is 0 Å². The Morgan fingerprint density at radius 1 is 1.50 bits per heavy atom. The van der Waals surface area contributed by atoms with Crippen LogP contribution in [0, 0.1) is 6.92 Å². The quantitative estimate of drug-likeness (QED) is 0.669. The fourth-order valence-electron chi connectivity index (χ4n) is 2.13. The normalized spacial score (nSPS) is 17.4. The number of hydrogen-bond acceptors (Lipinski definition) is 3. The van der Waals surface area contributed by atoms with E-state index in [0.29, 0.717) is 0 Å². The van der Waals surface area contributed by atoms with Crippen molar-refractivity contribution in [3.8, 4) is 5.75 Å². The number of aliphatic imine (C=N–C) groups is 1. The van der Waals surface area contributed by atoms with Crippen LogP contribution in [0.5, 0.6) is 5.75 Å². The molecule has 0 spiro atoms. The van der Waals surface area contributed by atoms with E-state index in [4.69, 9.17) is 0 Å². The van der Waals surface area contributed by atoms with Gasteiger partial charge in [-0.2, -0.15) is 4.99 Å². The highest BCUT2D eigenvalue weighted by Crippen LogP contribution is 2.49. The van der Waals surface area contributed by atoms with Gasteiger partial charge in [0, 0.05) is 10.0 Å². The highest BCUT2D eigenvalue weighted by atomic mass is 79.9. The van der Waals surface area contributed by atoms with Gasteiger partial charge in [0.2, 0.25) is 6.08 Å². The number of aryl methyl sites for hydroxylation is 1. The summed E-state index contributed by atoms with van der Waals surface area (Å²) < 4.78 is 0.894. The van der Waals surface area contributed by atoms with Crippen LogP contribution < -0.4 is 0 Å². The molecular formula is C12H12BrNO2. The largest absolute Gasteiger partial charge is 0.507 e. The molecule has 0 aliphatic heterocycles. The number of carbonyl (C=O) groups excluding carboxylic acids is 1. The average Bonchev–Trinajstić information content (AvgIpc) is 2.17. The van der Waals surface area contributed by atoms with E-state index in [-0.39, 0.29) is 5.75 Å². The van der Waals surface area contributed by atoms with Gasteiger partial charge >= 0.3 is 0 Å². The molecule has 1 saturated carbocycles. The molecule has 0 radical (unpaired) electrons. The molecule has 1 aliphatic rings. The van der Waals surface area contributed by atoms with Crippen molar-refractivity contribution >= 4 is 22.0 Å². The molecule has 1 N–H and O–H groups in total. The molecule has 4 heteroatoms. The van der Waals surface area contributed by atoms with Crippen molar-refractivity contribution in [2.75, 3.05) is 0 Å². The number of rotatable bonds is 2. The van der Waals surface area contributed by atoms with Gasteiger partial charge in [-0.25, -0.2) is 4.79 Å². The Labute approximate surface area is 102 Å². The van der Waals surface area contributed by atoms with Gasteiger partial charge in [0.25, 0.3) is 0 Å². The van der Waals surface area contributed by atoms with E-state index in [1.807, 2.05) is 19.1 Å². The van der Waals surface area contributed by atoms with Crippen LogP contribution >= 0.6 is 15.9 Å². The lowest BCUT2D eigenvalue weighted by atomic mass is 9.71. The van der Waals surface area contributed by atoms with Gasteiger partial charge in [0.05, 0.1) is 0 Å². The van der Waals surface area contributed by atoms with Crippen LogP contribution in [-0.2, 0) is 10.3 Å². The van der Waals surface area contributed by atoms with Crippen LogP contribution in [0.25, 0.3) is 0 Å². The molecule has 0 aromatic heterocycles. The summed E-state index contributed by atoms with van der Waals surface area (Å²) in [6.45, 7) is 1.83. The lowest BCUT2D eigenvalue weighted by molar-refractivity contribution is 0.247. The maximum atomic E-state index is 10.5. The number of benzene rings is 1. The van der Waals surface area contributed by atoms with Gasteiger partial charge in [-0.3, -0.25) is 0 Å². The minimum absolute atomic E-state index is 0.238. The maximum Gasteiger partial charge on any atom is 0.235 e. The Hall–Kier alpha value is -1.12. The van der Waals surface area contributed by atoms with E-state index in [9.17, 15) is 9.90 Å². The molecule has 0 amide bonds. The fourth-order valence-corrected chi connectivity index (χ4v) is 2.70. The molecule has 0 unspecified atom stereocenters. The predicted octanol–water partition coefficient (Wildman–Crippen LogP) is 3.18. The van der Waals surface area contributed by atoms with Crippen molar-refractivity contribution < 1.29 is 9.90 Å². The van der Waals surface area contributed by atoms with Crippen LogP contribution in [0.2, 0.25) is 0 Å². The average molecular weight is 282 g/mol. The molecule has 16 heavy (non-hydrogen) atoms. The summed E-state index contributed by atoms with van der Waals surface area (Å²) in [5, 5.41) is 10.0. The second kappa shape index (κ2) is 4.04. The van der Waals surface area contributed by atoms with Gasteiger partial charge in [0.15, 0.2) is 0 Å². The Morgan fingerprint density at radius 3 is 2.69 bits per heavy atom. The van der Waals surface area contributed by atoms with E-state index in [0.717, 1.165) is 34.9 Å². The Balaban J connectivity index is 2.58. The van der Waals surface area contributed by atoms with Gasteiger partial charge in [-0.05, 0) is 43.9 Å². The summed E-state index contributed by atoms with van der Waals surface area (Å²) in [5.74, 6) is 0.238. The minimum Gasteiger partial charge on any atom is -0.507 e. The second-order valence-electron chi connectivity index (χ2n) is 4.21. The number of halogens is 1. The summed E-state index contributed by atoms with van der Waals surface area (Å²) in [7, 11) is 0. The van der Waals surface area contributed by atoms with E-state index in [1.54, 1.807) is 6.08 Å². The molecule has 1 aromatic carbocycles. The Bertz CT molecular complexity index is 474. The minimum atomic E-state index is -0.541. The number of nitrogens with zero attached hydrogens (tertiary/aromatic N) is 1. The summed E-state index contributed by atoms with van der Waals surface area (Å²) in [4.78, 5) is 14.4. The summed E-state index contributed by atoms with van der Waals surface area (Å²) in [5.41, 5.74) is 0.978. The van der Waals surface area contributed by atoms with E-state index >= 15 is 0 Å². The van der Waals surface area contributed by atoms with Gasteiger partial charge < -0.3 is 5.11 Å². The molecule has 0 bridgehead atoms. The van der Waals surface area contributed by atoms with Gasteiger partial charge in [0.1, 0.15) is 11.3 Å².